The predicted molar refractivity (Wildman–Crippen MR) is 271 cm³/mol. The van der Waals surface area contributed by atoms with E-state index in [9.17, 15) is 45.3 Å². The standard InChI is InChI=1S/C55H102O15/c1-3-5-7-9-11-13-15-17-19-21-22-24-26-28-30-32-34-36-38-47(58)68-43(40-65-46(57)37-35-33-31-29-27-25-23-20-18-16-14-12-10-8-6-4-2)41-66-54-53(64)51(62)49(60)45(70-54)42-67-55-52(63)50(61)48(59)44(39-56)69-55/h19,21,43-45,48-56,59-64H,3-18,20,22-42H2,1-2H3/b21-19-. The van der Waals surface area contributed by atoms with E-state index in [1.165, 1.54) is 141 Å². The highest BCUT2D eigenvalue weighted by atomic mass is 16.7. The van der Waals surface area contributed by atoms with Crippen LogP contribution in [-0.2, 0) is 38.0 Å². The van der Waals surface area contributed by atoms with Gasteiger partial charge < -0.3 is 64.2 Å². The third kappa shape index (κ3) is 29.8. The van der Waals surface area contributed by atoms with Gasteiger partial charge in [0.2, 0.25) is 0 Å². The van der Waals surface area contributed by atoms with E-state index in [0.29, 0.717) is 12.8 Å². The highest BCUT2D eigenvalue weighted by Crippen LogP contribution is 2.27. The molecule has 2 aliphatic heterocycles. The second kappa shape index (κ2) is 42.6. The number of allylic oxidation sites excluding steroid dienone is 2. The van der Waals surface area contributed by atoms with Gasteiger partial charge in [0.25, 0.3) is 0 Å². The van der Waals surface area contributed by atoms with Crippen molar-refractivity contribution < 1.29 is 73.8 Å². The normalized spacial score (nSPS) is 25.4. The van der Waals surface area contributed by atoms with E-state index in [2.05, 4.69) is 26.0 Å². The monoisotopic (exact) mass is 1000 g/mol. The van der Waals surface area contributed by atoms with Crippen molar-refractivity contribution in [1.82, 2.24) is 0 Å². The van der Waals surface area contributed by atoms with Gasteiger partial charge in [-0.2, -0.15) is 0 Å². The molecule has 0 radical (unpaired) electrons. The van der Waals surface area contributed by atoms with Crippen LogP contribution in [0.5, 0.6) is 0 Å². The highest BCUT2D eigenvalue weighted by Gasteiger charge is 2.47. The first-order valence-corrected chi connectivity index (χ1v) is 28.3. The second-order valence-electron chi connectivity index (χ2n) is 20.1. The molecule has 0 aromatic heterocycles. The smallest absolute Gasteiger partial charge is 0.306 e. The molecule has 0 spiro atoms. The number of aliphatic hydroxyl groups is 7. The molecule has 15 heteroatoms. The third-order valence-corrected chi connectivity index (χ3v) is 13.7. The van der Waals surface area contributed by atoms with Crippen LogP contribution in [0.3, 0.4) is 0 Å². The molecule has 0 aliphatic carbocycles. The Bertz CT molecular complexity index is 1270. The SMILES string of the molecule is CCCCCCCCC/C=C\CCCCCCCCCC(=O)OC(COC(=O)CCCCCCCCCCCCCCCCCC)COC1OC(COC2OC(CO)C(O)C(O)C2O)C(O)C(O)C1O. The van der Waals surface area contributed by atoms with Crippen LogP contribution in [0, 0.1) is 0 Å². The summed E-state index contributed by atoms with van der Waals surface area (Å²) in [5.74, 6) is -0.916. The van der Waals surface area contributed by atoms with Gasteiger partial charge in [0.1, 0.15) is 55.4 Å². The zero-order chi connectivity index (χ0) is 51.0. The molecule has 0 aromatic carbocycles. The van der Waals surface area contributed by atoms with Crippen molar-refractivity contribution >= 4 is 11.9 Å². The van der Waals surface area contributed by atoms with Gasteiger partial charge in [0.05, 0.1) is 19.8 Å². The fourth-order valence-electron chi connectivity index (χ4n) is 9.10. The maximum atomic E-state index is 13.0. The first kappa shape index (κ1) is 64.4. The molecule has 2 aliphatic rings. The largest absolute Gasteiger partial charge is 0.462 e. The molecule has 70 heavy (non-hydrogen) atoms. The summed E-state index contributed by atoms with van der Waals surface area (Å²) in [6, 6.07) is 0. The number of hydrogen-bond donors (Lipinski definition) is 7. The summed E-state index contributed by atoms with van der Waals surface area (Å²) < 4.78 is 33.7. The lowest BCUT2D eigenvalue weighted by Crippen LogP contribution is -2.61. The lowest BCUT2D eigenvalue weighted by atomic mass is 9.98. The number of carbonyl (C=O) groups is 2. The van der Waals surface area contributed by atoms with Gasteiger partial charge in [-0.15, -0.1) is 0 Å². The molecule has 412 valence electrons. The molecule has 0 aromatic rings. The lowest BCUT2D eigenvalue weighted by Gasteiger charge is -2.42. The first-order valence-electron chi connectivity index (χ1n) is 28.3. The molecule has 0 amide bonds. The van der Waals surface area contributed by atoms with Gasteiger partial charge in [-0.1, -0.05) is 193 Å². The van der Waals surface area contributed by atoms with Crippen molar-refractivity contribution in [2.45, 2.75) is 300 Å². The minimum Gasteiger partial charge on any atom is -0.462 e. The van der Waals surface area contributed by atoms with Gasteiger partial charge in [-0.05, 0) is 38.5 Å². The van der Waals surface area contributed by atoms with Gasteiger partial charge in [0, 0.05) is 12.8 Å². The molecule has 2 heterocycles. The molecule has 7 N–H and O–H groups in total. The van der Waals surface area contributed by atoms with Crippen LogP contribution >= 0.6 is 0 Å². The highest BCUT2D eigenvalue weighted by molar-refractivity contribution is 5.70. The molecule has 11 unspecified atom stereocenters. The predicted octanol–water partition coefficient (Wildman–Crippen LogP) is 8.94. The average molecular weight is 1000 g/mol. The van der Waals surface area contributed by atoms with Crippen LogP contribution in [0.15, 0.2) is 12.2 Å². The Kier molecular flexibility index (Phi) is 39.1. The summed E-state index contributed by atoms with van der Waals surface area (Å²) in [6.45, 7) is 2.63. The van der Waals surface area contributed by atoms with Crippen molar-refractivity contribution in [2.24, 2.45) is 0 Å². The zero-order valence-corrected chi connectivity index (χ0v) is 43.8. The molecule has 0 bridgehead atoms. The van der Waals surface area contributed by atoms with Crippen LogP contribution in [0.25, 0.3) is 0 Å². The van der Waals surface area contributed by atoms with Crippen LogP contribution in [0.1, 0.15) is 232 Å². The van der Waals surface area contributed by atoms with Crippen LogP contribution in [-0.4, -0.2) is 142 Å². The first-order chi connectivity index (χ1) is 34.0. The molecular formula is C55H102O15. The summed E-state index contributed by atoms with van der Waals surface area (Å²) in [6.07, 6.45) is 26.6. The van der Waals surface area contributed by atoms with E-state index < -0.39 is 92.7 Å². The van der Waals surface area contributed by atoms with Crippen molar-refractivity contribution in [3.8, 4) is 0 Å². The van der Waals surface area contributed by atoms with Crippen LogP contribution in [0.4, 0.5) is 0 Å². The lowest BCUT2D eigenvalue weighted by molar-refractivity contribution is -0.332. The molecule has 2 rings (SSSR count). The van der Waals surface area contributed by atoms with E-state index in [1.54, 1.807) is 0 Å². The summed E-state index contributed by atoms with van der Waals surface area (Å²) >= 11 is 0. The van der Waals surface area contributed by atoms with Crippen molar-refractivity contribution in [1.29, 1.82) is 0 Å². The number of aliphatic hydroxyl groups excluding tert-OH is 7. The Morgan fingerprint density at radius 2 is 0.814 bits per heavy atom. The maximum absolute atomic E-state index is 13.0. The molecule has 11 atom stereocenters. The second-order valence-corrected chi connectivity index (χ2v) is 20.1. The van der Waals surface area contributed by atoms with Crippen molar-refractivity contribution in [3.63, 3.8) is 0 Å². The summed E-state index contributed by atoms with van der Waals surface area (Å²) in [5, 5.41) is 72.2. The van der Waals surface area contributed by atoms with E-state index >= 15 is 0 Å². The van der Waals surface area contributed by atoms with Gasteiger partial charge in [-0.3, -0.25) is 9.59 Å². The van der Waals surface area contributed by atoms with Crippen LogP contribution < -0.4 is 0 Å². The van der Waals surface area contributed by atoms with E-state index in [1.807, 2.05) is 0 Å². The molecule has 2 saturated heterocycles. The Morgan fingerprint density at radius 3 is 1.26 bits per heavy atom. The Labute approximate surface area is 422 Å². The Morgan fingerprint density at radius 1 is 0.443 bits per heavy atom. The summed E-state index contributed by atoms with van der Waals surface area (Å²) in [5.41, 5.74) is 0. The third-order valence-electron chi connectivity index (χ3n) is 13.7. The average Bonchev–Trinajstić information content (AvgIpc) is 3.35. The zero-order valence-electron chi connectivity index (χ0n) is 43.8. The summed E-state index contributed by atoms with van der Waals surface area (Å²) in [4.78, 5) is 25.8. The Hall–Kier alpha value is -1.76. The van der Waals surface area contributed by atoms with E-state index in [4.69, 9.17) is 28.4 Å². The minimum absolute atomic E-state index is 0.165. The fourth-order valence-corrected chi connectivity index (χ4v) is 9.10. The maximum Gasteiger partial charge on any atom is 0.306 e. The number of esters is 2. The van der Waals surface area contributed by atoms with E-state index in [-0.39, 0.29) is 26.1 Å². The quantitative estimate of drug-likeness (QED) is 0.0172. The number of carbonyl (C=O) groups excluding carboxylic acids is 2. The number of ether oxygens (including phenoxy) is 6. The Balaban J connectivity index is 1.77. The molecular weight excluding hydrogens is 901 g/mol. The minimum atomic E-state index is -1.76. The topological polar surface area (TPSA) is 231 Å². The van der Waals surface area contributed by atoms with Crippen molar-refractivity contribution in [2.75, 3.05) is 26.4 Å². The van der Waals surface area contributed by atoms with Gasteiger partial charge in [-0.25, -0.2) is 0 Å². The number of unbranched alkanes of at least 4 members (excludes halogenated alkanes) is 29. The van der Waals surface area contributed by atoms with Crippen molar-refractivity contribution in [3.05, 3.63) is 12.2 Å². The summed E-state index contributed by atoms with van der Waals surface area (Å²) in [7, 11) is 0. The molecule has 0 saturated carbocycles. The van der Waals surface area contributed by atoms with Crippen LogP contribution in [0.2, 0.25) is 0 Å². The number of rotatable bonds is 45. The van der Waals surface area contributed by atoms with E-state index in [0.717, 1.165) is 51.4 Å². The molecule has 2 fully saturated rings. The van der Waals surface area contributed by atoms with Gasteiger partial charge in [0.15, 0.2) is 18.7 Å². The fraction of sp³-hybridized carbons (Fsp3) is 0.927. The number of hydrogen-bond acceptors (Lipinski definition) is 15. The molecule has 15 nitrogen and oxygen atoms in total. The van der Waals surface area contributed by atoms with Gasteiger partial charge >= 0.3 is 11.9 Å².